The van der Waals surface area contributed by atoms with Gasteiger partial charge in [-0.15, -0.1) is 0 Å². The molecule has 3 heteroatoms. The van der Waals surface area contributed by atoms with E-state index >= 15 is 0 Å². The molecular weight excluding hydrogens is 224 g/mol. The summed E-state index contributed by atoms with van der Waals surface area (Å²) in [5, 5.41) is 13.1. The van der Waals surface area contributed by atoms with E-state index in [1.165, 1.54) is 12.8 Å². The third-order valence-corrected chi connectivity index (χ3v) is 3.38. The highest BCUT2D eigenvalue weighted by atomic mass is 16.3. The second-order valence-corrected chi connectivity index (χ2v) is 6.11. The maximum absolute atomic E-state index is 9.64. The number of nitrogens with one attached hydrogen (secondary N) is 1. The predicted molar refractivity (Wildman–Crippen MR) is 80.0 cm³/mol. The summed E-state index contributed by atoms with van der Waals surface area (Å²) in [6.07, 6.45) is 3.37. The fourth-order valence-electron chi connectivity index (χ4n) is 2.77. The van der Waals surface area contributed by atoms with E-state index in [0.29, 0.717) is 12.1 Å². The number of nitrogens with zero attached hydrogens (tertiary/aromatic N) is 1. The van der Waals surface area contributed by atoms with E-state index in [2.05, 4.69) is 51.8 Å². The van der Waals surface area contributed by atoms with E-state index in [-0.39, 0.29) is 12.1 Å². The van der Waals surface area contributed by atoms with Gasteiger partial charge in [-0.05, 0) is 46.2 Å². The Morgan fingerprint density at radius 2 is 1.61 bits per heavy atom. The summed E-state index contributed by atoms with van der Waals surface area (Å²) in [6, 6.07) is 0.911. The van der Waals surface area contributed by atoms with Crippen LogP contribution in [-0.2, 0) is 0 Å². The molecule has 0 amide bonds. The maximum atomic E-state index is 9.64. The van der Waals surface area contributed by atoms with E-state index in [1.807, 2.05) is 0 Å². The zero-order valence-corrected chi connectivity index (χ0v) is 13.3. The molecule has 0 saturated carbocycles. The Kier molecular flexibility index (Phi) is 8.83. The Bertz CT molecular complexity index is 203. The molecule has 18 heavy (non-hydrogen) atoms. The lowest BCUT2D eigenvalue weighted by molar-refractivity contribution is 0.108. The summed E-state index contributed by atoms with van der Waals surface area (Å²) in [6.45, 7) is 15.6. The van der Waals surface area contributed by atoms with Crippen molar-refractivity contribution in [3.05, 3.63) is 0 Å². The molecule has 0 aromatic carbocycles. The predicted octanol–water partition coefficient (Wildman–Crippen LogP) is 2.64. The van der Waals surface area contributed by atoms with E-state index in [9.17, 15) is 5.11 Å². The first-order chi connectivity index (χ1) is 8.38. The smallest absolute Gasteiger partial charge is 0.0611 e. The third-order valence-electron chi connectivity index (χ3n) is 3.38. The second-order valence-electron chi connectivity index (χ2n) is 6.11. The van der Waals surface area contributed by atoms with Crippen LogP contribution in [0.3, 0.4) is 0 Å². The van der Waals surface area contributed by atoms with Crippen LogP contribution in [0, 0.1) is 0 Å². The number of aliphatic hydroxyl groups is 1. The first-order valence-corrected chi connectivity index (χ1v) is 7.51. The molecular formula is C15H34N2O. The molecule has 0 bridgehead atoms. The largest absolute Gasteiger partial charge is 0.394 e. The van der Waals surface area contributed by atoms with Crippen molar-refractivity contribution in [1.29, 1.82) is 0 Å². The van der Waals surface area contributed by atoms with Crippen molar-refractivity contribution in [3.8, 4) is 0 Å². The minimum Gasteiger partial charge on any atom is -0.394 e. The van der Waals surface area contributed by atoms with Crippen LogP contribution in [0.25, 0.3) is 0 Å². The van der Waals surface area contributed by atoms with E-state index < -0.39 is 0 Å². The summed E-state index contributed by atoms with van der Waals surface area (Å²) in [5.41, 5.74) is -0.173. The van der Waals surface area contributed by atoms with Crippen LogP contribution >= 0.6 is 0 Å². The van der Waals surface area contributed by atoms with Crippen LogP contribution in [0.15, 0.2) is 0 Å². The Hall–Kier alpha value is -0.120. The zero-order valence-electron chi connectivity index (χ0n) is 13.3. The SMILES string of the molecule is CCCN(CCC)C(C)CC(C)(CO)NC(C)C. The fraction of sp³-hybridized carbons (Fsp3) is 1.00. The maximum Gasteiger partial charge on any atom is 0.0611 e. The quantitative estimate of drug-likeness (QED) is 0.632. The molecule has 0 heterocycles. The summed E-state index contributed by atoms with van der Waals surface area (Å²) >= 11 is 0. The highest BCUT2D eigenvalue weighted by Crippen LogP contribution is 2.17. The molecule has 0 saturated heterocycles. The molecule has 3 nitrogen and oxygen atoms in total. The van der Waals surface area contributed by atoms with Gasteiger partial charge in [0, 0.05) is 17.6 Å². The third kappa shape index (κ3) is 6.72. The van der Waals surface area contributed by atoms with Gasteiger partial charge in [-0.25, -0.2) is 0 Å². The molecule has 0 aliphatic heterocycles. The molecule has 0 aromatic rings. The first-order valence-electron chi connectivity index (χ1n) is 7.51. The average molecular weight is 258 g/mol. The van der Waals surface area contributed by atoms with Gasteiger partial charge in [0.15, 0.2) is 0 Å². The molecule has 0 aromatic heterocycles. The number of hydrogen-bond donors (Lipinski definition) is 2. The molecule has 0 spiro atoms. The van der Waals surface area contributed by atoms with Gasteiger partial charge < -0.3 is 15.3 Å². The van der Waals surface area contributed by atoms with Crippen LogP contribution < -0.4 is 5.32 Å². The van der Waals surface area contributed by atoms with Gasteiger partial charge in [-0.2, -0.15) is 0 Å². The Morgan fingerprint density at radius 3 is 1.94 bits per heavy atom. The number of aliphatic hydroxyl groups excluding tert-OH is 1. The zero-order chi connectivity index (χ0) is 14.2. The van der Waals surface area contributed by atoms with Crippen molar-refractivity contribution in [3.63, 3.8) is 0 Å². The molecule has 2 atom stereocenters. The minimum atomic E-state index is -0.173. The van der Waals surface area contributed by atoms with Crippen molar-refractivity contribution >= 4 is 0 Å². The lowest BCUT2D eigenvalue weighted by Crippen LogP contribution is -2.53. The van der Waals surface area contributed by atoms with Crippen molar-refractivity contribution in [2.45, 2.75) is 78.4 Å². The first kappa shape index (κ1) is 17.9. The number of rotatable bonds is 10. The molecule has 0 radical (unpaired) electrons. The summed E-state index contributed by atoms with van der Waals surface area (Å²) < 4.78 is 0. The molecule has 0 rings (SSSR count). The van der Waals surface area contributed by atoms with Gasteiger partial charge >= 0.3 is 0 Å². The van der Waals surface area contributed by atoms with Gasteiger partial charge in [-0.3, -0.25) is 0 Å². The normalized spacial score (nSPS) is 17.2. The average Bonchev–Trinajstić information content (AvgIpc) is 2.27. The number of hydrogen-bond acceptors (Lipinski definition) is 3. The van der Waals surface area contributed by atoms with Crippen LogP contribution in [-0.4, -0.2) is 47.3 Å². The lowest BCUT2D eigenvalue weighted by Gasteiger charge is -2.38. The van der Waals surface area contributed by atoms with Crippen molar-refractivity contribution in [2.24, 2.45) is 0 Å². The fourth-order valence-corrected chi connectivity index (χ4v) is 2.77. The van der Waals surface area contributed by atoms with Crippen LogP contribution in [0.4, 0.5) is 0 Å². The summed E-state index contributed by atoms with van der Waals surface area (Å²) in [5.74, 6) is 0. The summed E-state index contributed by atoms with van der Waals surface area (Å²) in [4.78, 5) is 2.54. The van der Waals surface area contributed by atoms with Gasteiger partial charge in [0.05, 0.1) is 6.61 Å². The van der Waals surface area contributed by atoms with Crippen molar-refractivity contribution < 1.29 is 5.11 Å². The van der Waals surface area contributed by atoms with Gasteiger partial charge in [0.2, 0.25) is 0 Å². The molecule has 2 unspecified atom stereocenters. The standard InChI is InChI=1S/C15H34N2O/c1-7-9-17(10-8-2)14(5)11-15(6,12-18)16-13(3)4/h13-14,16,18H,7-12H2,1-6H3. The molecule has 0 fully saturated rings. The monoisotopic (exact) mass is 258 g/mol. The lowest BCUT2D eigenvalue weighted by atomic mass is 9.92. The summed E-state index contributed by atoms with van der Waals surface area (Å²) in [7, 11) is 0. The van der Waals surface area contributed by atoms with Gasteiger partial charge in [-0.1, -0.05) is 27.7 Å². The molecule has 0 aliphatic carbocycles. The van der Waals surface area contributed by atoms with Crippen LogP contribution in [0.1, 0.15) is 60.8 Å². The highest BCUT2D eigenvalue weighted by molar-refractivity contribution is 4.88. The Morgan fingerprint density at radius 1 is 1.11 bits per heavy atom. The van der Waals surface area contributed by atoms with Crippen LogP contribution in [0.5, 0.6) is 0 Å². The van der Waals surface area contributed by atoms with Crippen molar-refractivity contribution in [2.75, 3.05) is 19.7 Å². The molecule has 2 N–H and O–H groups in total. The molecule has 0 aliphatic rings. The Balaban J connectivity index is 4.50. The Labute approximate surface area is 114 Å². The van der Waals surface area contributed by atoms with Gasteiger partial charge in [0.25, 0.3) is 0 Å². The highest BCUT2D eigenvalue weighted by Gasteiger charge is 2.28. The minimum absolute atomic E-state index is 0.173. The van der Waals surface area contributed by atoms with E-state index in [0.717, 1.165) is 19.5 Å². The second kappa shape index (κ2) is 8.89. The van der Waals surface area contributed by atoms with Crippen molar-refractivity contribution in [1.82, 2.24) is 10.2 Å². The van der Waals surface area contributed by atoms with Crippen LogP contribution in [0.2, 0.25) is 0 Å². The van der Waals surface area contributed by atoms with E-state index in [4.69, 9.17) is 0 Å². The van der Waals surface area contributed by atoms with Gasteiger partial charge in [0.1, 0.15) is 0 Å². The molecule has 110 valence electrons. The topological polar surface area (TPSA) is 35.5 Å². The van der Waals surface area contributed by atoms with E-state index in [1.54, 1.807) is 0 Å².